The molecule has 0 aliphatic heterocycles. The summed E-state index contributed by atoms with van der Waals surface area (Å²) < 4.78 is 0. The minimum absolute atomic E-state index is 0.615. The highest BCUT2D eigenvalue weighted by Crippen LogP contribution is 2.06. The van der Waals surface area contributed by atoms with Gasteiger partial charge in [0.15, 0.2) is 0 Å². The van der Waals surface area contributed by atoms with Crippen LogP contribution in [0.2, 0.25) is 0 Å². The summed E-state index contributed by atoms with van der Waals surface area (Å²) in [4.78, 5) is 10.2. The minimum atomic E-state index is 0.615. The monoisotopic (exact) mass is 185 g/mol. The van der Waals surface area contributed by atoms with E-state index in [1.807, 2.05) is 0 Å². The molecule has 4 heteroatoms. The molecule has 1 rings (SSSR count). The summed E-state index contributed by atoms with van der Waals surface area (Å²) in [5, 5.41) is 0. The zero-order valence-electron chi connectivity index (χ0n) is 7.07. The third-order valence-electron chi connectivity index (χ3n) is 1.61. The molecule has 1 aromatic rings. The van der Waals surface area contributed by atoms with Gasteiger partial charge in [-0.05, 0) is 6.92 Å². The van der Waals surface area contributed by atoms with Crippen LogP contribution in [-0.2, 0) is 0 Å². The minimum Gasteiger partial charge on any atom is -0.354 e. The van der Waals surface area contributed by atoms with Gasteiger partial charge in [-0.1, -0.05) is 0 Å². The molecular weight excluding hydrogens is 174 g/mol. The maximum absolute atomic E-state index is 5.64. The number of hydrogen-bond acceptors (Lipinski definition) is 3. The zero-order chi connectivity index (χ0) is 8.81. The van der Waals surface area contributed by atoms with Crippen LogP contribution in [0.4, 0.5) is 5.82 Å². The van der Waals surface area contributed by atoms with Crippen molar-refractivity contribution in [3.63, 3.8) is 0 Å². The van der Waals surface area contributed by atoms with Crippen molar-refractivity contribution in [3.8, 4) is 0 Å². The fraction of sp³-hybridized carbons (Fsp3) is 0.500. The highest BCUT2D eigenvalue weighted by Gasteiger charge is 2.02. The number of hydrogen-bond donors (Lipinski definition) is 0. The van der Waals surface area contributed by atoms with E-state index in [1.165, 1.54) is 0 Å². The fourth-order valence-corrected chi connectivity index (χ4v) is 1.20. The van der Waals surface area contributed by atoms with Gasteiger partial charge in [0.25, 0.3) is 0 Å². The number of rotatable bonds is 4. The van der Waals surface area contributed by atoms with E-state index in [4.69, 9.17) is 11.6 Å². The second-order valence-corrected chi connectivity index (χ2v) is 2.71. The molecule has 0 fully saturated rings. The third-order valence-corrected chi connectivity index (χ3v) is 1.78. The Balaban J connectivity index is 2.66. The number of alkyl halides is 1. The maximum Gasteiger partial charge on any atom is 0.147 e. The molecule has 1 heterocycles. The lowest BCUT2D eigenvalue weighted by atomic mass is 10.5. The molecule has 0 aliphatic rings. The molecular formula is C8H12ClN3. The first kappa shape index (κ1) is 9.26. The molecule has 66 valence electrons. The van der Waals surface area contributed by atoms with Crippen LogP contribution in [-0.4, -0.2) is 28.9 Å². The van der Waals surface area contributed by atoms with E-state index in [0.29, 0.717) is 5.88 Å². The summed E-state index contributed by atoms with van der Waals surface area (Å²) in [6.07, 6.45) is 5.10. The van der Waals surface area contributed by atoms with Gasteiger partial charge < -0.3 is 4.90 Å². The Morgan fingerprint density at radius 2 is 2.33 bits per heavy atom. The van der Waals surface area contributed by atoms with E-state index in [9.17, 15) is 0 Å². The largest absolute Gasteiger partial charge is 0.354 e. The van der Waals surface area contributed by atoms with Gasteiger partial charge in [-0.25, -0.2) is 4.98 Å². The van der Waals surface area contributed by atoms with Crippen molar-refractivity contribution < 1.29 is 0 Å². The Bertz CT molecular complexity index is 215. The Labute approximate surface area is 77.4 Å². The van der Waals surface area contributed by atoms with Gasteiger partial charge >= 0.3 is 0 Å². The van der Waals surface area contributed by atoms with Crippen LogP contribution >= 0.6 is 11.6 Å². The van der Waals surface area contributed by atoms with Crippen LogP contribution < -0.4 is 4.90 Å². The Hall–Kier alpha value is -0.830. The van der Waals surface area contributed by atoms with Gasteiger partial charge in [-0.2, -0.15) is 0 Å². The molecule has 0 N–H and O–H groups in total. The zero-order valence-corrected chi connectivity index (χ0v) is 7.83. The van der Waals surface area contributed by atoms with Gasteiger partial charge in [0.1, 0.15) is 5.82 Å². The van der Waals surface area contributed by atoms with Crippen molar-refractivity contribution >= 4 is 17.4 Å². The molecule has 0 amide bonds. The number of anilines is 1. The Kier molecular flexibility index (Phi) is 3.80. The summed E-state index contributed by atoms with van der Waals surface area (Å²) in [5.41, 5.74) is 0. The predicted octanol–water partition coefficient (Wildman–Crippen LogP) is 1.54. The summed E-state index contributed by atoms with van der Waals surface area (Å²) in [6.45, 7) is 3.80. The summed E-state index contributed by atoms with van der Waals surface area (Å²) >= 11 is 5.64. The quantitative estimate of drug-likeness (QED) is 0.667. The van der Waals surface area contributed by atoms with E-state index >= 15 is 0 Å². The van der Waals surface area contributed by atoms with Crippen molar-refractivity contribution in [2.24, 2.45) is 0 Å². The third kappa shape index (κ3) is 2.34. The Morgan fingerprint density at radius 1 is 1.50 bits per heavy atom. The molecule has 1 aromatic heterocycles. The van der Waals surface area contributed by atoms with Gasteiger partial charge in [-0.3, -0.25) is 4.98 Å². The van der Waals surface area contributed by atoms with Crippen LogP contribution in [0.15, 0.2) is 18.6 Å². The van der Waals surface area contributed by atoms with Crippen molar-refractivity contribution in [1.29, 1.82) is 0 Å². The SMILES string of the molecule is CCN(CCCl)c1cnccn1. The van der Waals surface area contributed by atoms with Crippen LogP contribution in [0, 0.1) is 0 Å². The van der Waals surface area contributed by atoms with Crippen molar-refractivity contribution in [2.75, 3.05) is 23.9 Å². The van der Waals surface area contributed by atoms with E-state index < -0.39 is 0 Å². The van der Waals surface area contributed by atoms with E-state index in [-0.39, 0.29) is 0 Å². The molecule has 0 bridgehead atoms. The van der Waals surface area contributed by atoms with Crippen LogP contribution in [0.1, 0.15) is 6.92 Å². The van der Waals surface area contributed by atoms with Gasteiger partial charge in [0, 0.05) is 31.4 Å². The molecule has 0 spiro atoms. The maximum atomic E-state index is 5.64. The summed E-state index contributed by atoms with van der Waals surface area (Å²) in [5.74, 6) is 1.50. The Morgan fingerprint density at radius 3 is 2.83 bits per heavy atom. The molecule has 3 nitrogen and oxygen atoms in total. The van der Waals surface area contributed by atoms with Crippen LogP contribution in [0.3, 0.4) is 0 Å². The molecule has 0 aromatic carbocycles. The van der Waals surface area contributed by atoms with Crippen molar-refractivity contribution in [3.05, 3.63) is 18.6 Å². The number of aromatic nitrogens is 2. The number of halogens is 1. The van der Waals surface area contributed by atoms with Crippen LogP contribution in [0.5, 0.6) is 0 Å². The standard InChI is InChI=1S/C8H12ClN3/c1-2-12(6-3-9)8-7-10-4-5-11-8/h4-5,7H,2-3,6H2,1H3. The van der Waals surface area contributed by atoms with Gasteiger partial charge in [0.2, 0.25) is 0 Å². The highest BCUT2D eigenvalue weighted by molar-refractivity contribution is 6.18. The highest BCUT2D eigenvalue weighted by atomic mass is 35.5. The molecule has 0 atom stereocenters. The van der Waals surface area contributed by atoms with E-state index in [2.05, 4.69) is 21.8 Å². The molecule has 0 unspecified atom stereocenters. The average Bonchev–Trinajstić information content (AvgIpc) is 2.15. The second-order valence-electron chi connectivity index (χ2n) is 2.33. The molecule has 0 aliphatic carbocycles. The second kappa shape index (κ2) is 4.93. The first-order valence-electron chi connectivity index (χ1n) is 3.95. The lowest BCUT2D eigenvalue weighted by Crippen LogP contribution is -2.25. The average molecular weight is 186 g/mol. The topological polar surface area (TPSA) is 29.0 Å². The lowest BCUT2D eigenvalue weighted by Gasteiger charge is -2.19. The summed E-state index contributed by atoms with van der Waals surface area (Å²) in [7, 11) is 0. The predicted molar refractivity (Wildman–Crippen MR) is 50.6 cm³/mol. The van der Waals surface area contributed by atoms with Crippen LogP contribution in [0.25, 0.3) is 0 Å². The normalized spacial score (nSPS) is 9.83. The van der Waals surface area contributed by atoms with Crippen molar-refractivity contribution in [1.82, 2.24) is 9.97 Å². The molecule has 0 saturated carbocycles. The van der Waals surface area contributed by atoms with E-state index in [0.717, 1.165) is 18.9 Å². The first-order chi connectivity index (χ1) is 5.88. The number of nitrogens with zero attached hydrogens (tertiary/aromatic N) is 3. The van der Waals surface area contributed by atoms with E-state index in [1.54, 1.807) is 18.6 Å². The molecule has 12 heavy (non-hydrogen) atoms. The first-order valence-corrected chi connectivity index (χ1v) is 4.49. The van der Waals surface area contributed by atoms with Gasteiger partial charge in [-0.15, -0.1) is 11.6 Å². The van der Waals surface area contributed by atoms with Gasteiger partial charge in [0.05, 0.1) is 6.20 Å². The van der Waals surface area contributed by atoms with Crippen molar-refractivity contribution in [2.45, 2.75) is 6.92 Å². The molecule has 0 radical (unpaired) electrons. The summed E-state index contributed by atoms with van der Waals surface area (Å²) in [6, 6.07) is 0. The lowest BCUT2D eigenvalue weighted by molar-refractivity contribution is 0.844. The molecule has 0 saturated heterocycles. The smallest absolute Gasteiger partial charge is 0.147 e. The fourth-order valence-electron chi connectivity index (χ4n) is 0.991.